The van der Waals surface area contributed by atoms with Crippen molar-refractivity contribution in [1.29, 1.82) is 0 Å². The van der Waals surface area contributed by atoms with Gasteiger partial charge in [-0.1, -0.05) is 27.2 Å². The van der Waals surface area contributed by atoms with Crippen LogP contribution in [0.2, 0.25) is 0 Å². The molecule has 1 aliphatic heterocycles. The average molecular weight is 420 g/mol. The number of rotatable bonds is 7. The number of aliphatic hydroxyl groups is 1. The van der Waals surface area contributed by atoms with E-state index in [0.29, 0.717) is 24.9 Å². The lowest BCUT2D eigenvalue weighted by atomic mass is 9.50. The molecule has 4 rings (SSSR count). The average Bonchev–Trinajstić information content (AvgIpc) is 3.12. The molecule has 0 aromatic carbocycles. The van der Waals surface area contributed by atoms with Gasteiger partial charge in [0, 0.05) is 25.6 Å². The summed E-state index contributed by atoms with van der Waals surface area (Å²) in [5.41, 5.74) is 0.219. The normalized spacial score (nSPS) is 43.1. The Morgan fingerprint density at radius 2 is 1.90 bits per heavy atom. The van der Waals surface area contributed by atoms with Gasteiger partial charge < -0.3 is 9.84 Å². The van der Waals surface area contributed by atoms with Gasteiger partial charge in [-0.3, -0.25) is 9.69 Å². The number of ether oxygens (including phenoxy) is 1. The van der Waals surface area contributed by atoms with E-state index in [4.69, 9.17) is 4.74 Å². The van der Waals surface area contributed by atoms with Crippen molar-refractivity contribution in [1.82, 2.24) is 4.90 Å². The van der Waals surface area contributed by atoms with E-state index in [1.807, 2.05) is 0 Å². The predicted octanol–water partition coefficient (Wildman–Crippen LogP) is 4.40. The second-order valence-corrected chi connectivity index (χ2v) is 11.4. The van der Waals surface area contributed by atoms with Crippen LogP contribution in [-0.4, -0.2) is 55.2 Å². The molecule has 0 aromatic rings. The highest BCUT2D eigenvalue weighted by molar-refractivity contribution is 5.84. The molecule has 0 spiro atoms. The quantitative estimate of drug-likeness (QED) is 0.664. The molecule has 4 heteroatoms. The molecule has 0 unspecified atom stereocenters. The molecule has 0 radical (unpaired) electrons. The molecule has 4 aliphatic rings. The number of fused-ring (bicyclic) bond motifs is 3. The third-order valence-electron chi connectivity index (χ3n) is 9.90. The summed E-state index contributed by atoms with van der Waals surface area (Å²) < 4.78 is 5.47. The maximum absolute atomic E-state index is 13.4. The highest BCUT2D eigenvalue weighted by Crippen LogP contribution is 2.63. The topological polar surface area (TPSA) is 49.8 Å². The second kappa shape index (κ2) is 9.58. The van der Waals surface area contributed by atoms with Gasteiger partial charge in [0.25, 0.3) is 0 Å². The van der Waals surface area contributed by atoms with Gasteiger partial charge in [0.05, 0.1) is 19.8 Å². The first-order valence-electron chi connectivity index (χ1n) is 12.9. The first-order valence-corrected chi connectivity index (χ1v) is 12.9. The van der Waals surface area contributed by atoms with Crippen molar-refractivity contribution in [3.8, 4) is 0 Å². The lowest BCUT2D eigenvalue weighted by molar-refractivity contribution is -0.132. The smallest absolute Gasteiger partial charge is 0.150 e. The fourth-order valence-electron chi connectivity index (χ4n) is 8.27. The van der Waals surface area contributed by atoms with Gasteiger partial charge in [-0.25, -0.2) is 0 Å². The van der Waals surface area contributed by atoms with Crippen molar-refractivity contribution in [2.24, 2.45) is 46.8 Å². The lowest BCUT2D eigenvalue weighted by Gasteiger charge is -2.55. The third-order valence-corrected chi connectivity index (χ3v) is 9.90. The SMILES string of the molecule is CC[C@@H]1CC[C@@H]2[C@H](CC[C@]3(C)[C@@H](C(=O)CN4CCOCC4)CC[C@@H]23)[C@H]1C[C@H](C)CO. The van der Waals surface area contributed by atoms with E-state index < -0.39 is 0 Å². The predicted molar refractivity (Wildman–Crippen MR) is 120 cm³/mol. The van der Waals surface area contributed by atoms with Crippen molar-refractivity contribution in [2.45, 2.75) is 72.1 Å². The van der Waals surface area contributed by atoms with Crippen LogP contribution >= 0.6 is 0 Å². The minimum Gasteiger partial charge on any atom is -0.396 e. The fourth-order valence-corrected chi connectivity index (χ4v) is 8.27. The van der Waals surface area contributed by atoms with E-state index in [9.17, 15) is 9.90 Å². The standard InChI is InChI=1S/C26H45NO3/c1-4-19-5-6-21-20(22(19)15-18(2)17-28)9-10-26(3)23(21)7-8-24(26)25(29)16-27-11-13-30-14-12-27/h18-24,28H,4-17H2,1-3H3/t18-,19+,20-,21+,22-,23-,24+,26-/m0/s1. The molecule has 3 aliphatic carbocycles. The van der Waals surface area contributed by atoms with Gasteiger partial charge >= 0.3 is 0 Å². The van der Waals surface area contributed by atoms with Gasteiger partial charge in [0.15, 0.2) is 0 Å². The maximum Gasteiger partial charge on any atom is 0.150 e. The number of hydrogen-bond donors (Lipinski definition) is 1. The fraction of sp³-hybridized carbons (Fsp3) is 0.962. The number of aliphatic hydroxyl groups excluding tert-OH is 1. The van der Waals surface area contributed by atoms with E-state index >= 15 is 0 Å². The summed E-state index contributed by atoms with van der Waals surface area (Å²) >= 11 is 0. The summed E-state index contributed by atoms with van der Waals surface area (Å²) in [6.07, 6.45) is 10.1. The summed E-state index contributed by atoms with van der Waals surface area (Å²) in [4.78, 5) is 15.7. The Balaban J connectivity index is 1.46. The first-order chi connectivity index (χ1) is 14.5. The van der Waals surface area contributed by atoms with Crippen LogP contribution in [0.3, 0.4) is 0 Å². The van der Waals surface area contributed by atoms with Gasteiger partial charge in [-0.05, 0) is 85.9 Å². The van der Waals surface area contributed by atoms with Crippen LogP contribution < -0.4 is 0 Å². The molecule has 172 valence electrons. The van der Waals surface area contributed by atoms with E-state index in [2.05, 4.69) is 25.7 Å². The number of morpholine rings is 1. The summed E-state index contributed by atoms with van der Waals surface area (Å²) in [6, 6.07) is 0. The van der Waals surface area contributed by atoms with Crippen LogP contribution in [-0.2, 0) is 9.53 Å². The molecule has 1 N–H and O–H groups in total. The molecule has 3 saturated carbocycles. The number of nitrogens with zero attached hydrogens (tertiary/aromatic N) is 1. The monoisotopic (exact) mass is 419 g/mol. The minimum absolute atomic E-state index is 0.219. The van der Waals surface area contributed by atoms with Crippen LogP contribution in [0, 0.1) is 46.8 Å². The highest BCUT2D eigenvalue weighted by Gasteiger charge is 2.57. The molecular weight excluding hydrogens is 374 g/mol. The van der Waals surface area contributed by atoms with E-state index in [0.717, 1.165) is 62.3 Å². The number of carbonyl (C=O) groups is 1. The Hall–Kier alpha value is -0.450. The number of Topliss-reactive ketones (excluding diaryl/α,β-unsaturated/α-hetero) is 1. The molecule has 4 fully saturated rings. The van der Waals surface area contributed by atoms with Crippen LogP contribution in [0.5, 0.6) is 0 Å². The number of carbonyl (C=O) groups excluding carboxylic acids is 1. The van der Waals surface area contributed by atoms with Gasteiger partial charge in [-0.2, -0.15) is 0 Å². The van der Waals surface area contributed by atoms with E-state index in [1.165, 1.54) is 44.9 Å². The van der Waals surface area contributed by atoms with E-state index in [-0.39, 0.29) is 11.3 Å². The summed E-state index contributed by atoms with van der Waals surface area (Å²) in [7, 11) is 0. The Morgan fingerprint density at radius 3 is 2.60 bits per heavy atom. The first kappa shape index (κ1) is 22.7. The van der Waals surface area contributed by atoms with Crippen molar-refractivity contribution >= 4 is 5.78 Å². The minimum atomic E-state index is 0.219. The Bertz CT molecular complexity index is 589. The molecular formula is C26H45NO3. The zero-order valence-electron chi connectivity index (χ0n) is 19.7. The molecule has 30 heavy (non-hydrogen) atoms. The summed E-state index contributed by atoms with van der Waals surface area (Å²) in [6.45, 7) is 11.4. The Labute approximate surface area is 184 Å². The molecule has 1 heterocycles. The Kier molecular flexibility index (Phi) is 7.26. The van der Waals surface area contributed by atoms with Gasteiger partial charge in [0.1, 0.15) is 5.78 Å². The van der Waals surface area contributed by atoms with Crippen LogP contribution in [0.4, 0.5) is 0 Å². The van der Waals surface area contributed by atoms with E-state index in [1.54, 1.807) is 0 Å². The summed E-state index contributed by atoms with van der Waals surface area (Å²) in [5.74, 6) is 5.18. The van der Waals surface area contributed by atoms with Crippen LogP contribution in [0.1, 0.15) is 72.1 Å². The number of ketones is 1. The van der Waals surface area contributed by atoms with Crippen LogP contribution in [0.15, 0.2) is 0 Å². The second-order valence-electron chi connectivity index (χ2n) is 11.4. The van der Waals surface area contributed by atoms with Crippen molar-refractivity contribution in [3.63, 3.8) is 0 Å². The molecule has 0 bridgehead atoms. The van der Waals surface area contributed by atoms with Crippen LogP contribution in [0.25, 0.3) is 0 Å². The zero-order chi connectivity index (χ0) is 21.3. The van der Waals surface area contributed by atoms with Crippen molar-refractivity contribution in [2.75, 3.05) is 39.5 Å². The number of hydrogen-bond acceptors (Lipinski definition) is 4. The van der Waals surface area contributed by atoms with Crippen molar-refractivity contribution in [3.05, 3.63) is 0 Å². The lowest BCUT2D eigenvalue weighted by Crippen LogP contribution is -2.50. The molecule has 8 atom stereocenters. The largest absolute Gasteiger partial charge is 0.396 e. The Morgan fingerprint density at radius 1 is 1.13 bits per heavy atom. The molecule has 4 nitrogen and oxygen atoms in total. The van der Waals surface area contributed by atoms with Gasteiger partial charge in [0.2, 0.25) is 0 Å². The van der Waals surface area contributed by atoms with Gasteiger partial charge in [-0.15, -0.1) is 0 Å². The molecule has 0 aromatic heterocycles. The highest BCUT2D eigenvalue weighted by atomic mass is 16.5. The third kappa shape index (κ3) is 4.26. The zero-order valence-corrected chi connectivity index (χ0v) is 19.7. The molecule has 0 amide bonds. The summed E-state index contributed by atoms with van der Waals surface area (Å²) in [5, 5.41) is 9.69. The van der Waals surface area contributed by atoms with Crippen molar-refractivity contribution < 1.29 is 14.6 Å². The molecule has 1 saturated heterocycles. The maximum atomic E-state index is 13.4.